The highest BCUT2D eigenvalue weighted by atomic mass is 15.3. The Morgan fingerprint density at radius 2 is 2.11 bits per heavy atom. The summed E-state index contributed by atoms with van der Waals surface area (Å²) in [5.41, 5.74) is 5.42. The second-order valence-corrected chi connectivity index (χ2v) is 4.86. The van der Waals surface area contributed by atoms with Crippen molar-refractivity contribution in [2.45, 2.75) is 71.9 Å². The molecule has 0 amide bonds. The standard InChI is InChI=1S/C14H28N4/c1-4-7-8-9-13(16-15)11-14-10-12(5-2)17-18(14)6-3/h10,13,16H,4-9,11,15H2,1-3H3. The predicted octanol–water partition coefficient (Wildman–Crippen LogP) is 2.42. The molecule has 0 aromatic carbocycles. The maximum absolute atomic E-state index is 5.65. The molecule has 0 radical (unpaired) electrons. The van der Waals surface area contributed by atoms with E-state index in [0.29, 0.717) is 6.04 Å². The SMILES string of the molecule is CCCCCC(Cc1cc(CC)nn1CC)NN. The number of aromatic nitrogens is 2. The summed E-state index contributed by atoms with van der Waals surface area (Å²) in [6.07, 6.45) is 6.89. The van der Waals surface area contributed by atoms with Crippen LogP contribution in [0.1, 0.15) is 57.8 Å². The lowest BCUT2D eigenvalue weighted by Crippen LogP contribution is -2.37. The zero-order chi connectivity index (χ0) is 13.4. The van der Waals surface area contributed by atoms with E-state index in [0.717, 1.165) is 25.8 Å². The zero-order valence-corrected chi connectivity index (χ0v) is 12.1. The Morgan fingerprint density at radius 1 is 1.33 bits per heavy atom. The molecule has 1 aromatic rings. The van der Waals surface area contributed by atoms with E-state index in [2.05, 4.69) is 42.0 Å². The Hall–Kier alpha value is -0.870. The van der Waals surface area contributed by atoms with Crippen molar-refractivity contribution in [1.29, 1.82) is 0 Å². The van der Waals surface area contributed by atoms with Crippen LogP contribution in [0, 0.1) is 0 Å². The summed E-state index contributed by atoms with van der Waals surface area (Å²) in [7, 11) is 0. The molecule has 1 rings (SSSR count). The van der Waals surface area contributed by atoms with Gasteiger partial charge in [-0.15, -0.1) is 0 Å². The van der Waals surface area contributed by atoms with Crippen LogP contribution in [0.25, 0.3) is 0 Å². The Balaban J connectivity index is 2.59. The Kier molecular flexibility index (Phi) is 6.98. The van der Waals surface area contributed by atoms with Crippen LogP contribution >= 0.6 is 0 Å². The maximum Gasteiger partial charge on any atom is 0.0624 e. The van der Waals surface area contributed by atoms with Crippen LogP contribution < -0.4 is 11.3 Å². The fourth-order valence-corrected chi connectivity index (χ4v) is 2.26. The van der Waals surface area contributed by atoms with Gasteiger partial charge in [0.15, 0.2) is 0 Å². The zero-order valence-electron chi connectivity index (χ0n) is 12.1. The minimum absolute atomic E-state index is 0.364. The first-order chi connectivity index (χ1) is 8.74. The number of nitrogens with two attached hydrogens (primary N) is 1. The molecule has 0 saturated carbocycles. The van der Waals surface area contributed by atoms with Gasteiger partial charge in [0.1, 0.15) is 0 Å². The average molecular weight is 252 g/mol. The third kappa shape index (κ3) is 4.42. The van der Waals surface area contributed by atoms with E-state index >= 15 is 0 Å². The molecule has 0 aliphatic rings. The molecule has 1 heterocycles. The molecule has 0 saturated heterocycles. The molecule has 0 spiro atoms. The summed E-state index contributed by atoms with van der Waals surface area (Å²) in [6, 6.07) is 2.58. The number of nitrogens with one attached hydrogen (secondary N) is 1. The summed E-state index contributed by atoms with van der Waals surface area (Å²) in [4.78, 5) is 0. The summed E-state index contributed by atoms with van der Waals surface area (Å²) in [6.45, 7) is 7.44. The summed E-state index contributed by atoms with van der Waals surface area (Å²) >= 11 is 0. The van der Waals surface area contributed by atoms with Crippen LogP contribution in [0.4, 0.5) is 0 Å². The molecular weight excluding hydrogens is 224 g/mol. The van der Waals surface area contributed by atoms with Gasteiger partial charge in [0, 0.05) is 24.7 Å². The van der Waals surface area contributed by atoms with Gasteiger partial charge >= 0.3 is 0 Å². The van der Waals surface area contributed by atoms with Crippen molar-refractivity contribution in [3.8, 4) is 0 Å². The lowest BCUT2D eigenvalue weighted by Gasteiger charge is -2.16. The van der Waals surface area contributed by atoms with Crippen LogP contribution in [0.15, 0.2) is 6.07 Å². The first-order valence-electron chi connectivity index (χ1n) is 7.26. The number of hydrogen-bond donors (Lipinski definition) is 2. The molecule has 18 heavy (non-hydrogen) atoms. The molecule has 0 fully saturated rings. The molecule has 0 bridgehead atoms. The van der Waals surface area contributed by atoms with E-state index < -0.39 is 0 Å². The smallest absolute Gasteiger partial charge is 0.0624 e. The molecule has 4 nitrogen and oxygen atoms in total. The number of nitrogens with zero attached hydrogens (tertiary/aromatic N) is 2. The van der Waals surface area contributed by atoms with Crippen molar-refractivity contribution < 1.29 is 0 Å². The second kappa shape index (κ2) is 8.27. The number of unbranched alkanes of at least 4 members (excludes halogenated alkanes) is 2. The Labute approximate surface area is 111 Å². The highest BCUT2D eigenvalue weighted by molar-refractivity contribution is 5.11. The Morgan fingerprint density at radius 3 is 2.67 bits per heavy atom. The normalized spacial score (nSPS) is 12.9. The molecule has 1 atom stereocenters. The van der Waals surface area contributed by atoms with Gasteiger partial charge < -0.3 is 0 Å². The average Bonchev–Trinajstić information content (AvgIpc) is 2.80. The third-order valence-corrected chi connectivity index (χ3v) is 3.42. The van der Waals surface area contributed by atoms with E-state index in [1.54, 1.807) is 0 Å². The van der Waals surface area contributed by atoms with Crippen molar-refractivity contribution in [1.82, 2.24) is 15.2 Å². The first-order valence-corrected chi connectivity index (χ1v) is 7.26. The van der Waals surface area contributed by atoms with E-state index in [4.69, 9.17) is 5.84 Å². The molecule has 1 unspecified atom stereocenters. The van der Waals surface area contributed by atoms with Gasteiger partial charge in [-0.05, 0) is 25.8 Å². The van der Waals surface area contributed by atoms with Crippen LogP contribution in [-0.2, 0) is 19.4 Å². The largest absolute Gasteiger partial charge is 0.271 e. The highest BCUT2D eigenvalue weighted by Crippen LogP contribution is 2.12. The number of hydrazine groups is 1. The lowest BCUT2D eigenvalue weighted by atomic mass is 10.0. The van der Waals surface area contributed by atoms with Gasteiger partial charge in [0.2, 0.25) is 0 Å². The van der Waals surface area contributed by atoms with E-state index in [-0.39, 0.29) is 0 Å². The molecular formula is C14H28N4. The fourth-order valence-electron chi connectivity index (χ4n) is 2.26. The predicted molar refractivity (Wildman–Crippen MR) is 76.2 cm³/mol. The van der Waals surface area contributed by atoms with Gasteiger partial charge in [-0.2, -0.15) is 5.10 Å². The van der Waals surface area contributed by atoms with Crippen LogP contribution in [0.3, 0.4) is 0 Å². The van der Waals surface area contributed by atoms with E-state index in [1.807, 2.05) is 0 Å². The molecule has 104 valence electrons. The number of rotatable bonds is 9. The molecule has 0 aliphatic heterocycles. The maximum atomic E-state index is 5.65. The van der Waals surface area contributed by atoms with Crippen molar-refractivity contribution in [3.05, 3.63) is 17.5 Å². The lowest BCUT2D eigenvalue weighted by molar-refractivity contribution is 0.451. The van der Waals surface area contributed by atoms with Crippen molar-refractivity contribution in [2.24, 2.45) is 5.84 Å². The first kappa shape index (κ1) is 15.2. The van der Waals surface area contributed by atoms with Crippen molar-refractivity contribution in [2.75, 3.05) is 0 Å². The fraction of sp³-hybridized carbons (Fsp3) is 0.786. The second-order valence-electron chi connectivity index (χ2n) is 4.86. The monoisotopic (exact) mass is 252 g/mol. The van der Waals surface area contributed by atoms with E-state index in [9.17, 15) is 0 Å². The summed E-state index contributed by atoms with van der Waals surface area (Å²) in [5.74, 6) is 5.65. The van der Waals surface area contributed by atoms with Crippen LogP contribution in [0.5, 0.6) is 0 Å². The molecule has 3 N–H and O–H groups in total. The highest BCUT2D eigenvalue weighted by Gasteiger charge is 2.12. The van der Waals surface area contributed by atoms with Gasteiger partial charge in [-0.3, -0.25) is 16.0 Å². The van der Waals surface area contributed by atoms with Crippen LogP contribution in [-0.4, -0.2) is 15.8 Å². The van der Waals surface area contributed by atoms with Crippen LogP contribution in [0.2, 0.25) is 0 Å². The minimum atomic E-state index is 0.364. The molecule has 0 aliphatic carbocycles. The van der Waals surface area contributed by atoms with Gasteiger partial charge in [0.05, 0.1) is 5.69 Å². The third-order valence-electron chi connectivity index (χ3n) is 3.42. The van der Waals surface area contributed by atoms with E-state index in [1.165, 1.54) is 30.7 Å². The van der Waals surface area contributed by atoms with Gasteiger partial charge in [0.25, 0.3) is 0 Å². The van der Waals surface area contributed by atoms with Crippen molar-refractivity contribution in [3.63, 3.8) is 0 Å². The summed E-state index contributed by atoms with van der Waals surface area (Å²) < 4.78 is 2.10. The van der Waals surface area contributed by atoms with Gasteiger partial charge in [-0.1, -0.05) is 33.1 Å². The Bertz CT molecular complexity index is 333. The number of aryl methyl sites for hydroxylation is 2. The van der Waals surface area contributed by atoms with Crippen molar-refractivity contribution >= 4 is 0 Å². The quantitative estimate of drug-likeness (QED) is 0.403. The topological polar surface area (TPSA) is 55.9 Å². The molecule has 1 aromatic heterocycles. The number of hydrogen-bond acceptors (Lipinski definition) is 3. The summed E-state index contributed by atoms with van der Waals surface area (Å²) in [5, 5.41) is 4.58. The van der Waals surface area contributed by atoms with Gasteiger partial charge in [-0.25, -0.2) is 0 Å². The molecule has 4 heteroatoms. The minimum Gasteiger partial charge on any atom is -0.271 e.